The number of carbonyl (C=O) groups is 1. The van der Waals surface area contributed by atoms with Gasteiger partial charge in [0.05, 0.1) is 0 Å². The molecule has 4 atom stereocenters. The first-order chi connectivity index (χ1) is 8.45. The largest absolute Gasteiger partial charge is 0.461 e. The van der Waals surface area contributed by atoms with E-state index in [2.05, 4.69) is 20.8 Å². The van der Waals surface area contributed by atoms with E-state index in [0.29, 0.717) is 24.2 Å². The van der Waals surface area contributed by atoms with E-state index in [9.17, 15) is 4.79 Å². The lowest BCUT2D eigenvalue weighted by Gasteiger charge is -2.37. The first-order valence-corrected chi connectivity index (χ1v) is 7.41. The summed E-state index contributed by atoms with van der Waals surface area (Å²) in [5, 5.41) is 0. The predicted molar refractivity (Wildman–Crippen MR) is 74.1 cm³/mol. The summed E-state index contributed by atoms with van der Waals surface area (Å²) in [6, 6.07) is -0.444. The van der Waals surface area contributed by atoms with Gasteiger partial charge in [-0.1, -0.05) is 40.5 Å². The van der Waals surface area contributed by atoms with E-state index >= 15 is 0 Å². The molecule has 106 valence electrons. The summed E-state index contributed by atoms with van der Waals surface area (Å²) >= 11 is 0. The fraction of sp³-hybridized carbons (Fsp3) is 0.933. The monoisotopic (exact) mass is 255 g/mol. The number of hydrogen-bond donors (Lipinski definition) is 1. The van der Waals surface area contributed by atoms with Crippen molar-refractivity contribution in [3.05, 3.63) is 0 Å². The molecule has 0 radical (unpaired) electrons. The molecule has 1 aliphatic rings. The van der Waals surface area contributed by atoms with Crippen LogP contribution in [0.25, 0.3) is 0 Å². The zero-order valence-electron chi connectivity index (χ0n) is 12.3. The van der Waals surface area contributed by atoms with Crippen LogP contribution in [0.1, 0.15) is 59.8 Å². The van der Waals surface area contributed by atoms with E-state index in [1.54, 1.807) is 0 Å². The Labute approximate surface area is 111 Å². The molecule has 0 aromatic rings. The number of hydrogen-bond acceptors (Lipinski definition) is 3. The van der Waals surface area contributed by atoms with Gasteiger partial charge >= 0.3 is 5.97 Å². The van der Waals surface area contributed by atoms with Gasteiger partial charge in [0.15, 0.2) is 0 Å². The fourth-order valence-electron chi connectivity index (χ4n) is 2.92. The lowest BCUT2D eigenvalue weighted by molar-refractivity contribution is -0.157. The van der Waals surface area contributed by atoms with E-state index in [-0.39, 0.29) is 12.1 Å². The van der Waals surface area contributed by atoms with Crippen molar-refractivity contribution in [2.75, 3.05) is 0 Å². The third kappa shape index (κ3) is 4.27. The lowest BCUT2D eigenvalue weighted by Crippen LogP contribution is -2.41. The molecule has 3 heteroatoms. The van der Waals surface area contributed by atoms with Crippen LogP contribution < -0.4 is 5.73 Å². The topological polar surface area (TPSA) is 52.3 Å². The molecule has 0 aliphatic heterocycles. The molecule has 0 bridgehead atoms. The molecule has 18 heavy (non-hydrogen) atoms. The van der Waals surface area contributed by atoms with E-state index in [1.807, 2.05) is 6.92 Å². The maximum atomic E-state index is 11.9. The minimum atomic E-state index is -0.444. The number of carbonyl (C=O) groups excluding carboxylic acids is 1. The highest BCUT2D eigenvalue weighted by atomic mass is 16.5. The standard InChI is InChI=1S/C15H29NO2/c1-5-6-13(16)15(17)18-14-9-11(4)7-8-12(14)10(2)3/h10-14H,5-9,16H2,1-4H3. The third-order valence-electron chi connectivity index (χ3n) is 4.13. The minimum absolute atomic E-state index is 0.0733. The normalized spacial score (nSPS) is 30.2. The van der Waals surface area contributed by atoms with Crippen LogP contribution in [0.2, 0.25) is 0 Å². The SMILES string of the molecule is CCCC(N)C(=O)OC1CC(C)CCC1C(C)C. The summed E-state index contributed by atoms with van der Waals surface area (Å²) in [4.78, 5) is 11.9. The summed E-state index contributed by atoms with van der Waals surface area (Å²) in [6.45, 7) is 8.71. The summed E-state index contributed by atoms with van der Waals surface area (Å²) in [6.07, 6.45) is 5.12. The predicted octanol–water partition coefficient (Wildman–Crippen LogP) is 3.12. The van der Waals surface area contributed by atoms with E-state index in [1.165, 1.54) is 12.8 Å². The molecule has 1 aliphatic carbocycles. The number of nitrogens with two attached hydrogens (primary N) is 1. The van der Waals surface area contributed by atoms with Crippen LogP contribution >= 0.6 is 0 Å². The third-order valence-corrected chi connectivity index (χ3v) is 4.13. The molecule has 2 N–H and O–H groups in total. The Balaban J connectivity index is 2.57. The Morgan fingerprint density at radius 2 is 2.06 bits per heavy atom. The summed E-state index contributed by atoms with van der Waals surface area (Å²) in [5.74, 6) is 1.51. The van der Waals surface area contributed by atoms with Crippen LogP contribution in [0.5, 0.6) is 0 Å². The van der Waals surface area contributed by atoms with Gasteiger partial charge in [0, 0.05) is 0 Å². The van der Waals surface area contributed by atoms with Crippen molar-refractivity contribution in [3.8, 4) is 0 Å². The van der Waals surface area contributed by atoms with Gasteiger partial charge in [-0.05, 0) is 37.0 Å². The maximum absolute atomic E-state index is 11.9. The van der Waals surface area contributed by atoms with Crippen LogP contribution in [0.4, 0.5) is 0 Å². The molecule has 0 aromatic carbocycles. The zero-order chi connectivity index (χ0) is 13.7. The van der Waals surface area contributed by atoms with Gasteiger partial charge in [0.1, 0.15) is 12.1 Å². The average molecular weight is 255 g/mol. The Hall–Kier alpha value is -0.570. The quantitative estimate of drug-likeness (QED) is 0.768. The first kappa shape index (κ1) is 15.5. The molecule has 1 fully saturated rings. The molecule has 0 aromatic heterocycles. The first-order valence-electron chi connectivity index (χ1n) is 7.41. The average Bonchev–Trinajstić information content (AvgIpc) is 2.28. The molecule has 0 saturated heterocycles. The van der Waals surface area contributed by atoms with Gasteiger partial charge in [-0.15, -0.1) is 0 Å². The van der Waals surface area contributed by atoms with Gasteiger partial charge < -0.3 is 10.5 Å². The second kappa shape index (κ2) is 7.13. The molecule has 0 amide bonds. The summed E-state index contributed by atoms with van der Waals surface area (Å²) in [5.41, 5.74) is 5.83. The van der Waals surface area contributed by atoms with Crippen LogP contribution in [0, 0.1) is 17.8 Å². The summed E-state index contributed by atoms with van der Waals surface area (Å²) in [7, 11) is 0. The van der Waals surface area contributed by atoms with Gasteiger partial charge in [-0.25, -0.2) is 0 Å². The second-order valence-corrected chi connectivity index (χ2v) is 6.20. The highest BCUT2D eigenvalue weighted by molar-refractivity contribution is 5.75. The number of rotatable bonds is 5. The van der Waals surface area contributed by atoms with Gasteiger partial charge in [0.25, 0.3) is 0 Å². The Bertz CT molecular complexity index is 265. The van der Waals surface area contributed by atoms with Crippen molar-refractivity contribution in [2.45, 2.75) is 71.9 Å². The number of ether oxygens (including phenoxy) is 1. The van der Waals surface area contributed by atoms with Crippen LogP contribution in [-0.2, 0) is 9.53 Å². The zero-order valence-corrected chi connectivity index (χ0v) is 12.3. The lowest BCUT2D eigenvalue weighted by atomic mass is 9.75. The van der Waals surface area contributed by atoms with E-state index < -0.39 is 6.04 Å². The van der Waals surface area contributed by atoms with Crippen molar-refractivity contribution >= 4 is 5.97 Å². The molecule has 0 heterocycles. The second-order valence-electron chi connectivity index (χ2n) is 6.20. The van der Waals surface area contributed by atoms with Crippen molar-refractivity contribution in [1.82, 2.24) is 0 Å². The molecule has 0 spiro atoms. The van der Waals surface area contributed by atoms with E-state index in [0.717, 1.165) is 12.8 Å². The van der Waals surface area contributed by atoms with Crippen molar-refractivity contribution < 1.29 is 9.53 Å². The van der Waals surface area contributed by atoms with Crippen LogP contribution in [0.15, 0.2) is 0 Å². The van der Waals surface area contributed by atoms with Gasteiger partial charge in [-0.2, -0.15) is 0 Å². The van der Waals surface area contributed by atoms with E-state index in [4.69, 9.17) is 10.5 Å². The Kier molecular flexibility index (Phi) is 6.13. The Morgan fingerprint density at radius 1 is 1.39 bits per heavy atom. The molecular weight excluding hydrogens is 226 g/mol. The van der Waals surface area contributed by atoms with Crippen molar-refractivity contribution in [3.63, 3.8) is 0 Å². The molecular formula is C15H29NO2. The maximum Gasteiger partial charge on any atom is 0.323 e. The summed E-state index contributed by atoms with van der Waals surface area (Å²) < 4.78 is 5.69. The molecule has 1 rings (SSSR count). The van der Waals surface area contributed by atoms with Crippen molar-refractivity contribution in [2.24, 2.45) is 23.5 Å². The molecule has 4 unspecified atom stereocenters. The minimum Gasteiger partial charge on any atom is -0.461 e. The van der Waals surface area contributed by atoms with Gasteiger partial charge in [0.2, 0.25) is 0 Å². The molecule has 1 saturated carbocycles. The molecule has 3 nitrogen and oxygen atoms in total. The fourth-order valence-corrected chi connectivity index (χ4v) is 2.92. The highest BCUT2D eigenvalue weighted by Crippen LogP contribution is 2.35. The van der Waals surface area contributed by atoms with Crippen LogP contribution in [0.3, 0.4) is 0 Å². The van der Waals surface area contributed by atoms with Crippen LogP contribution in [-0.4, -0.2) is 18.1 Å². The Morgan fingerprint density at radius 3 is 2.61 bits per heavy atom. The number of esters is 1. The smallest absolute Gasteiger partial charge is 0.323 e. The van der Waals surface area contributed by atoms with Crippen molar-refractivity contribution in [1.29, 1.82) is 0 Å². The van der Waals surface area contributed by atoms with Gasteiger partial charge in [-0.3, -0.25) is 4.79 Å². The highest BCUT2D eigenvalue weighted by Gasteiger charge is 2.34.